The molecule has 6 heteroatoms. The first-order valence-corrected chi connectivity index (χ1v) is 9.40. The molecule has 0 bridgehead atoms. The van der Waals surface area contributed by atoms with Crippen molar-refractivity contribution in [3.63, 3.8) is 0 Å². The molecule has 6 nitrogen and oxygen atoms in total. The summed E-state index contributed by atoms with van der Waals surface area (Å²) < 4.78 is 5.96. The maximum absolute atomic E-state index is 10.5. The van der Waals surface area contributed by atoms with E-state index in [9.17, 15) is 4.79 Å². The summed E-state index contributed by atoms with van der Waals surface area (Å²) in [7, 11) is 0. The van der Waals surface area contributed by atoms with E-state index in [0.717, 1.165) is 42.0 Å². The molecule has 1 unspecified atom stereocenters. The monoisotopic (exact) mass is 369 g/mol. The van der Waals surface area contributed by atoms with Crippen molar-refractivity contribution >= 4 is 17.3 Å². The molecular weight excluding hydrogens is 342 g/mol. The average molecular weight is 369 g/mol. The largest absolute Gasteiger partial charge is 0.493 e. The molecule has 0 spiro atoms. The summed E-state index contributed by atoms with van der Waals surface area (Å²) in [5.74, 6) is 0.472. The van der Waals surface area contributed by atoms with E-state index in [0.29, 0.717) is 18.9 Å². The van der Waals surface area contributed by atoms with Gasteiger partial charge in [0.2, 0.25) is 0 Å². The number of azo groups is 1. The second-order valence-corrected chi connectivity index (χ2v) is 6.49. The lowest BCUT2D eigenvalue weighted by molar-refractivity contribution is -0.137. The molecule has 0 saturated heterocycles. The van der Waals surface area contributed by atoms with Gasteiger partial charge in [0.1, 0.15) is 5.75 Å². The minimum atomic E-state index is -0.744. The minimum absolute atomic E-state index is 0.218. The summed E-state index contributed by atoms with van der Waals surface area (Å²) in [4.78, 5) is 14.5. The first kappa shape index (κ1) is 20.6. The lowest BCUT2D eigenvalue weighted by Crippen LogP contribution is -2.03. The first-order valence-electron chi connectivity index (χ1n) is 9.40. The van der Waals surface area contributed by atoms with Crippen molar-refractivity contribution in [2.45, 2.75) is 51.9 Å². The van der Waals surface area contributed by atoms with Gasteiger partial charge in [0.25, 0.3) is 0 Å². The van der Waals surface area contributed by atoms with E-state index in [1.54, 1.807) is 24.5 Å². The molecule has 1 aromatic carbocycles. The third kappa shape index (κ3) is 7.17. The second kappa shape index (κ2) is 11.1. The van der Waals surface area contributed by atoms with Crippen molar-refractivity contribution < 1.29 is 14.6 Å². The van der Waals surface area contributed by atoms with Crippen LogP contribution in [0.1, 0.15) is 57.4 Å². The Kier molecular flexibility index (Phi) is 8.42. The fourth-order valence-corrected chi connectivity index (χ4v) is 2.60. The number of aliphatic carboxylic acids is 1. The third-order valence-electron chi connectivity index (χ3n) is 4.37. The number of benzene rings is 1. The zero-order valence-electron chi connectivity index (χ0n) is 16.0. The van der Waals surface area contributed by atoms with Gasteiger partial charge in [0.15, 0.2) is 0 Å². The highest BCUT2D eigenvalue weighted by Gasteiger charge is 2.11. The van der Waals surface area contributed by atoms with Crippen LogP contribution in [0.2, 0.25) is 0 Å². The minimum Gasteiger partial charge on any atom is -0.493 e. The molecule has 1 heterocycles. The van der Waals surface area contributed by atoms with Crippen molar-refractivity contribution in [1.29, 1.82) is 0 Å². The Balaban J connectivity index is 2.00. The van der Waals surface area contributed by atoms with Crippen LogP contribution in [0.5, 0.6) is 5.75 Å². The van der Waals surface area contributed by atoms with Gasteiger partial charge >= 0.3 is 5.97 Å². The number of carbonyl (C=O) groups is 1. The van der Waals surface area contributed by atoms with Gasteiger partial charge < -0.3 is 9.84 Å². The number of pyridine rings is 1. The third-order valence-corrected chi connectivity index (χ3v) is 4.37. The van der Waals surface area contributed by atoms with Gasteiger partial charge in [-0.25, -0.2) is 0 Å². The topological polar surface area (TPSA) is 84.1 Å². The molecule has 2 aromatic rings. The van der Waals surface area contributed by atoms with Crippen LogP contribution in [0.4, 0.5) is 11.4 Å². The molecule has 0 aliphatic heterocycles. The lowest BCUT2D eigenvalue weighted by Gasteiger charge is -2.16. The van der Waals surface area contributed by atoms with E-state index in [-0.39, 0.29) is 6.42 Å². The molecule has 0 aliphatic carbocycles. The van der Waals surface area contributed by atoms with Crippen LogP contribution in [-0.2, 0) is 4.79 Å². The van der Waals surface area contributed by atoms with Crippen molar-refractivity contribution in [3.8, 4) is 5.75 Å². The number of unbranched alkanes of at least 4 members (excludes halogenated alkanes) is 2. The predicted octanol–water partition coefficient (Wildman–Crippen LogP) is 6.03. The van der Waals surface area contributed by atoms with E-state index in [4.69, 9.17) is 9.84 Å². The fourth-order valence-electron chi connectivity index (χ4n) is 2.60. The van der Waals surface area contributed by atoms with Gasteiger partial charge in [-0.15, -0.1) is 0 Å². The molecule has 1 atom stereocenters. The van der Waals surface area contributed by atoms with E-state index in [2.05, 4.69) is 29.1 Å². The summed E-state index contributed by atoms with van der Waals surface area (Å²) in [6.45, 7) is 4.89. The zero-order valence-corrected chi connectivity index (χ0v) is 16.0. The van der Waals surface area contributed by atoms with E-state index >= 15 is 0 Å². The number of carboxylic acids is 1. The zero-order chi connectivity index (χ0) is 19.5. The van der Waals surface area contributed by atoms with Crippen LogP contribution >= 0.6 is 0 Å². The Labute approximate surface area is 160 Å². The van der Waals surface area contributed by atoms with Crippen LogP contribution in [0.25, 0.3) is 0 Å². The molecule has 0 fully saturated rings. The molecule has 0 saturated carbocycles. The Hall–Kier alpha value is -2.76. The van der Waals surface area contributed by atoms with Gasteiger partial charge in [0.05, 0.1) is 18.0 Å². The quantitative estimate of drug-likeness (QED) is 0.387. The fraction of sp³-hybridized carbons (Fsp3) is 0.429. The summed E-state index contributed by atoms with van der Waals surface area (Å²) in [6.07, 6.45) is 6.97. The maximum atomic E-state index is 10.5. The highest BCUT2D eigenvalue weighted by atomic mass is 16.5. The number of rotatable bonds is 11. The number of ether oxygens (including phenoxy) is 1. The van der Waals surface area contributed by atoms with Crippen LogP contribution < -0.4 is 4.74 Å². The SMILES string of the molecule is CCC(C)c1cc(N=Nc2ccncc2)ccc1OCCCCCC(=O)O. The van der Waals surface area contributed by atoms with Crippen LogP contribution in [0.3, 0.4) is 0 Å². The predicted molar refractivity (Wildman–Crippen MR) is 105 cm³/mol. The highest BCUT2D eigenvalue weighted by molar-refractivity contribution is 5.66. The van der Waals surface area contributed by atoms with Crippen molar-refractivity contribution in [2.24, 2.45) is 10.2 Å². The number of nitrogens with zero attached hydrogens (tertiary/aromatic N) is 3. The van der Waals surface area contributed by atoms with Crippen molar-refractivity contribution in [3.05, 3.63) is 48.3 Å². The van der Waals surface area contributed by atoms with Crippen LogP contribution in [-0.4, -0.2) is 22.7 Å². The second-order valence-electron chi connectivity index (χ2n) is 6.49. The summed E-state index contributed by atoms with van der Waals surface area (Å²) in [5, 5.41) is 17.2. The maximum Gasteiger partial charge on any atom is 0.303 e. The Bertz CT molecular complexity index is 748. The van der Waals surface area contributed by atoms with Crippen LogP contribution in [0.15, 0.2) is 53.0 Å². The molecule has 2 rings (SSSR count). The number of hydrogen-bond acceptors (Lipinski definition) is 5. The number of hydrogen-bond donors (Lipinski definition) is 1. The van der Waals surface area contributed by atoms with E-state index < -0.39 is 5.97 Å². The van der Waals surface area contributed by atoms with Gasteiger partial charge in [-0.05, 0) is 67.5 Å². The van der Waals surface area contributed by atoms with E-state index in [1.807, 2.05) is 18.2 Å². The molecule has 0 aliphatic rings. The van der Waals surface area contributed by atoms with Gasteiger partial charge in [-0.1, -0.05) is 13.8 Å². The average Bonchev–Trinajstić information content (AvgIpc) is 2.69. The molecule has 27 heavy (non-hydrogen) atoms. The smallest absolute Gasteiger partial charge is 0.303 e. The number of carboxylic acid groups (broad SMARTS) is 1. The molecule has 0 radical (unpaired) electrons. The standard InChI is InChI=1S/C21H27N3O3/c1-3-16(2)19-15-18(24-23-17-10-12-22-13-11-17)8-9-20(19)27-14-6-4-5-7-21(25)26/h8-13,15-16H,3-7,14H2,1-2H3,(H,25,26). The molecule has 144 valence electrons. The first-order chi connectivity index (χ1) is 13.1. The van der Waals surface area contributed by atoms with Gasteiger partial charge in [0, 0.05) is 18.8 Å². The van der Waals surface area contributed by atoms with Gasteiger partial charge in [-0.2, -0.15) is 10.2 Å². The Morgan fingerprint density at radius 2 is 1.85 bits per heavy atom. The molecule has 1 N–H and O–H groups in total. The molecule has 0 amide bonds. The summed E-state index contributed by atoms with van der Waals surface area (Å²) in [5.41, 5.74) is 2.67. The lowest BCUT2D eigenvalue weighted by atomic mass is 9.97. The Morgan fingerprint density at radius 1 is 1.11 bits per heavy atom. The number of aromatic nitrogens is 1. The van der Waals surface area contributed by atoms with Gasteiger partial charge in [-0.3, -0.25) is 9.78 Å². The Morgan fingerprint density at radius 3 is 2.56 bits per heavy atom. The highest BCUT2D eigenvalue weighted by Crippen LogP contribution is 2.33. The normalized spacial score (nSPS) is 12.2. The van der Waals surface area contributed by atoms with Crippen LogP contribution in [0, 0.1) is 0 Å². The van der Waals surface area contributed by atoms with Crippen molar-refractivity contribution in [2.75, 3.05) is 6.61 Å². The van der Waals surface area contributed by atoms with E-state index in [1.165, 1.54) is 0 Å². The molecular formula is C21H27N3O3. The summed E-state index contributed by atoms with van der Waals surface area (Å²) in [6, 6.07) is 9.48. The van der Waals surface area contributed by atoms with Crippen molar-refractivity contribution in [1.82, 2.24) is 4.98 Å². The molecule has 1 aromatic heterocycles. The summed E-state index contributed by atoms with van der Waals surface area (Å²) >= 11 is 0.